The highest BCUT2D eigenvalue weighted by molar-refractivity contribution is 7.89. The molecule has 0 aromatic heterocycles. The van der Waals surface area contributed by atoms with Crippen molar-refractivity contribution in [3.8, 4) is 5.75 Å². The molecule has 1 saturated heterocycles. The first kappa shape index (κ1) is 19.9. The summed E-state index contributed by atoms with van der Waals surface area (Å²) in [5, 5.41) is 0. The monoisotopic (exact) mass is 414 g/mol. The van der Waals surface area contributed by atoms with Gasteiger partial charge in [-0.1, -0.05) is 12.1 Å². The number of nitrogens with zero attached hydrogens (tertiary/aromatic N) is 2. The van der Waals surface area contributed by atoms with Crippen LogP contribution in [0.3, 0.4) is 0 Å². The van der Waals surface area contributed by atoms with E-state index in [0.717, 1.165) is 30.6 Å². The summed E-state index contributed by atoms with van der Waals surface area (Å²) in [6.07, 6.45) is 2.54. The topological polar surface area (TPSA) is 66.9 Å². The molecule has 1 fully saturated rings. The molecule has 2 aliphatic rings. The van der Waals surface area contributed by atoms with Gasteiger partial charge in [0, 0.05) is 31.7 Å². The van der Waals surface area contributed by atoms with Crippen molar-refractivity contribution in [2.75, 3.05) is 26.2 Å². The predicted octanol–water partition coefficient (Wildman–Crippen LogP) is 3.07. The summed E-state index contributed by atoms with van der Waals surface area (Å²) in [5.41, 5.74) is 2.72. The van der Waals surface area contributed by atoms with Crippen LogP contribution in [0.4, 0.5) is 0 Å². The van der Waals surface area contributed by atoms with Crippen molar-refractivity contribution in [1.29, 1.82) is 0 Å². The molecule has 2 heterocycles. The molecule has 2 aromatic carbocycles. The molecule has 1 amide bonds. The van der Waals surface area contributed by atoms with E-state index < -0.39 is 10.0 Å². The lowest BCUT2D eigenvalue weighted by atomic mass is 9.99. The number of amides is 1. The predicted molar refractivity (Wildman–Crippen MR) is 110 cm³/mol. The van der Waals surface area contributed by atoms with Gasteiger partial charge in [-0.3, -0.25) is 4.79 Å². The second-order valence-electron chi connectivity index (χ2n) is 7.48. The summed E-state index contributed by atoms with van der Waals surface area (Å²) < 4.78 is 32.8. The average molecular weight is 415 g/mol. The number of hydrogen-bond donors (Lipinski definition) is 0. The van der Waals surface area contributed by atoms with Crippen molar-refractivity contribution in [2.24, 2.45) is 0 Å². The molecule has 2 aliphatic heterocycles. The Kier molecular flexibility index (Phi) is 5.61. The molecule has 0 N–H and O–H groups in total. The van der Waals surface area contributed by atoms with Gasteiger partial charge in [0.15, 0.2) is 0 Å². The Morgan fingerprint density at radius 2 is 1.83 bits per heavy atom. The van der Waals surface area contributed by atoms with Crippen molar-refractivity contribution < 1.29 is 17.9 Å². The maximum absolute atomic E-state index is 13.1. The van der Waals surface area contributed by atoms with E-state index in [9.17, 15) is 13.2 Å². The van der Waals surface area contributed by atoms with Crippen LogP contribution in [0.1, 0.15) is 41.3 Å². The van der Waals surface area contributed by atoms with Crippen LogP contribution in [0.2, 0.25) is 0 Å². The molecule has 2 aromatic rings. The van der Waals surface area contributed by atoms with Gasteiger partial charge in [-0.25, -0.2) is 8.42 Å². The van der Waals surface area contributed by atoms with E-state index in [1.54, 1.807) is 23.1 Å². The van der Waals surface area contributed by atoms with Gasteiger partial charge in [-0.05, 0) is 67.6 Å². The van der Waals surface area contributed by atoms with Crippen molar-refractivity contribution >= 4 is 15.9 Å². The minimum atomic E-state index is -3.54. The van der Waals surface area contributed by atoms with Gasteiger partial charge in [-0.2, -0.15) is 4.31 Å². The third-order valence-corrected chi connectivity index (χ3v) is 7.47. The first-order chi connectivity index (χ1) is 14.0. The van der Waals surface area contributed by atoms with E-state index in [-0.39, 0.29) is 10.8 Å². The quantitative estimate of drug-likeness (QED) is 0.754. The number of rotatable bonds is 5. The third kappa shape index (κ3) is 4.02. The molecule has 0 radical (unpaired) electrons. The fourth-order valence-electron chi connectivity index (χ4n) is 4.01. The Hall–Kier alpha value is -2.38. The second kappa shape index (κ2) is 8.16. The number of hydrogen-bond acceptors (Lipinski definition) is 4. The number of ether oxygens (including phenoxy) is 1. The van der Waals surface area contributed by atoms with Crippen molar-refractivity contribution in [2.45, 2.75) is 37.6 Å². The van der Waals surface area contributed by atoms with Crippen molar-refractivity contribution in [3.05, 3.63) is 59.2 Å². The summed E-state index contributed by atoms with van der Waals surface area (Å²) in [4.78, 5) is 15.1. The standard InChI is InChI=1S/C22H26N2O4S/c1-2-28-20-9-8-17-10-13-23(16-19(17)14-20)22(25)18-6-5-7-21(15-18)29(26,27)24-11-3-4-12-24/h5-9,14-15H,2-4,10-13,16H2,1H3. The van der Waals surface area contributed by atoms with E-state index in [2.05, 4.69) is 6.07 Å². The van der Waals surface area contributed by atoms with Gasteiger partial charge in [0.1, 0.15) is 5.75 Å². The molecule has 154 valence electrons. The van der Waals surface area contributed by atoms with Crippen LogP contribution in [0.15, 0.2) is 47.4 Å². The summed E-state index contributed by atoms with van der Waals surface area (Å²) in [6, 6.07) is 12.5. The summed E-state index contributed by atoms with van der Waals surface area (Å²) in [6.45, 7) is 4.75. The smallest absolute Gasteiger partial charge is 0.254 e. The molecule has 4 rings (SSSR count). The van der Waals surface area contributed by atoms with E-state index >= 15 is 0 Å². The van der Waals surface area contributed by atoms with Gasteiger partial charge in [0.2, 0.25) is 10.0 Å². The number of benzene rings is 2. The Morgan fingerprint density at radius 1 is 1.03 bits per heavy atom. The SMILES string of the molecule is CCOc1ccc2c(c1)CN(C(=O)c1cccc(S(=O)(=O)N3CCCC3)c1)CC2. The maximum Gasteiger partial charge on any atom is 0.254 e. The molecule has 29 heavy (non-hydrogen) atoms. The Balaban J connectivity index is 1.55. The van der Waals surface area contributed by atoms with Crippen LogP contribution >= 0.6 is 0 Å². The Bertz CT molecular complexity index is 1010. The van der Waals surface area contributed by atoms with Gasteiger partial charge in [0.25, 0.3) is 5.91 Å². The van der Waals surface area contributed by atoms with Crippen LogP contribution in [-0.2, 0) is 23.0 Å². The van der Waals surface area contributed by atoms with E-state index in [0.29, 0.717) is 38.3 Å². The van der Waals surface area contributed by atoms with Crippen molar-refractivity contribution in [1.82, 2.24) is 9.21 Å². The molecule has 7 heteroatoms. The highest BCUT2D eigenvalue weighted by Gasteiger charge is 2.28. The van der Waals surface area contributed by atoms with E-state index in [4.69, 9.17) is 4.74 Å². The lowest BCUT2D eigenvalue weighted by Gasteiger charge is -2.29. The van der Waals surface area contributed by atoms with Gasteiger partial charge < -0.3 is 9.64 Å². The van der Waals surface area contributed by atoms with Gasteiger partial charge >= 0.3 is 0 Å². The second-order valence-corrected chi connectivity index (χ2v) is 9.42. The molecule has 0 spiro atoms. The summed E-state index contributed by atoms with van der Waals surface area (Å²) >= 11 is 0. The zero-order chi connectivity index (χ0) is 20.4. The first-order valence-electron chi connectivity index (χ1n) is 10.1. The molecule has 0 unspecified atom stereocenters. The first-order valence-corrected chi connectivity index (χ1v) is 11.6. The van der Waals surface area contributed by atoms with Gasteiger partial charge in [-0.15, -0.1) is 0 Å². The van der Waals surface area contributed by atoms with E-state index in [1.807, 2.05) is 19.1 Å². The number of sulfonamides is 1. The van der Waals surface area contributed by atoms with E-state index in [1.165, 1.54) is 15.9 Å². The average Bonchev–Trinajstić information content (AvgIpc) is 3.29. The highest BCUT2D eigenvalue weighted by atomic mass is 32.2. The molecule has 6 nitrogen and oxygen atoms in total. The Morgan fingerprint density at radius 3 is 2.59 bits per heavy atom. The minimum Gasteiger partial charge on any atom is -0.494 e. The maximum atomic E-state index is 13.1. The van der Waals surface area contributed by atoms with Crippen LogP contribution in [0.5, 0.6) is 5.75 Å². The summed E-state index contributed by atoms with van der Waals surface area (Å²) in [7, 11) is -3.54. The third-order valence-electron chi connectivity index (χ3n) is 5.57. The van der Waals surface area contributed by atoms with Gasteiger partial charge in [0.05, 0.1) is 11.5 Å². The fraction of sp³-hybridized carbons (Fsp3) is 0.409. The minimum absolute atomic E-state index is 0.143. The summed E-state index contributed by atoms with van der Waals surface area (Å²) in [5.74, 6) is 0.662. The normalized spacial score (nSPS) is 17.2. The highest BCUT2D eigenvalue weighted by Crippen LogP contribution is 2.26. The fourth-order valence-corrected chi connectivity index (χ4v) is 5.58. The van der Waals surface area contributed by atoms with Crippen LogP contribution < -0.4 is 4.74 Å². The number of carbonyl (C=O) groups excluding carboxylic acids is 1. The van der Waals surface area contributed by atoms with Crippen LogP contribution in [0.25, 0.3) is 0 Å². The Labute approximate surface area is 172 Å². The number of fused-ring (bicyclic) bond motifs is 1. The van der Waals surface area contributed by atoms with Crippen LogP contribution in [-0.4, -0.2) is 49.8 Å². The molecule has 0 atom stereocenters. The molecule has 0 aliphatic carbocycles. The molecule has 0 bridgehead atoms. The lowest BCUT2D eigenvalue weighted by Crippen LogP contribution is -2.36. The molecular weight excluding hydrogens is 388 g/mol. The largest absolute Gasteiger partial charge is 0.494 e. The molecule has 0 saturated carbocycles. The van der Waals surface area contributed by atoms with Crippen LogP contribution in [0, 0.1) is 0 Å². The zero-order valence-corrected chi connectivity index (χ0v) is 17.5. The number of carbonyl (C=O) groups is 1. The van der Waals surface area contributed by atoms with Crippen molar-refractivity contribution in [3.63, 3.8) is 0 Å². The zero-order valence-electron chi connectivity index (χ0n) is 16.6. The molecular formula is C22H26N2O4S. The lowest BCUT2D eigenvalue weighted by molar-refractivity contribution is 0.0734.